The van der Waals surface area contributed by atoms with Crippen LogP contribution in [0.2, 0.25) is 0 Å². The van der Waals surface area contributed by atoms with E-state index in [0.29, 0.717) is 12.0 Å². The summed E-state index contributed by atoms with van der Waals surface area (Å²) in [4.78, 5) is 19.0. The standard InChI is InChI=1S/C15H26N2OS/c1-5-17(12-9-7-6-8-10-12)14-16-13(18)15(4,19-14)11(2)3/h11-12H,5-10H2,1-4H3. The monoisotopic (exact) mass is 282 g/mol. The lowest BCUT2D eigenvalue weighted by atomic mass is 9.94. The Morgan fingerprint density at radius 1 is 1.37 bits per heavy atom. The summed E-state index contributed by atoms with van der Waals surface area (Å²) in [5.41, 5.74) is 0. The molecule has 4 heteroatoms. The van der Waals surface area contributed by atoms with Crippen LogP contribution in [0, 0.1) is 5.92 Å². The fourth-order valence-electron chi connectivity index (χ4n) is 2.88. The summed E-state index contributed by atoms with van der Waals surface area (Å²) in [5.74, 6) is 0.369. The first-order valence-electron chi connectivity index (χ1n) is 7.57. The molecule has 0 aromatic carbocycles. The summed E-state index contributed by atoms with van der Waals surface area (Å²) in [7, 11) is 0. The summed E-state index contributed by atoms with van der Waals surface area (Å²) < 4.78 is -0.364. The predicted octanol–water partition coefficient (Wildman–Crippen LogP) is 3.69. The highest BCUT2D eigenvalue weighted by Crippen LogP contribution is 2.41. The lowest BCUT2D eigenvalue weighted by Crippen LogP contribution is -2.40. The van der Waals surface area contributed by atoms with Crippen LogP contribution in [-0.4, -0.2) is 33.3 Å². The molecule has 0 radical (unpaired) electrons. The molecule has 108 valence electrons. The first-order valence-corrected chi connectivity index (χ1v) is 8.39. The highest BCUT2D eigenvalue weighted by atomic mass is 32.2. The highest BCUT2D eigenvalue weighted by Gasteiger charge is 2.45. The second-order valence-electron chi connectivity index (χ2n) is 6.14. The summed E-state index contributed by atoms with van der Waals surface area (Å²) in [6.07, 6.45) is 6.49. The van der Waals surface area contributed by atoms with E-state index >= 15 is 0 Å². The van der Waals surface area contributed by atoms with E-state index in [-0.39, 0.29) is 10.7 Å². The zero-order chi connectivity index (χ0) is 14.0. The summed E-state index contributed by atoms with van der Waals surface area (Å²) in [5, 5.41) is 0.968. The Balaban J connectivity index is 2.12. The molecule has 1 unspecified atom stereocenters. The molecule has 3 nitrogen and oxygen atoms in total. The molecule has 1 amide bonds. The van der Waals surface area contributed by atoms with Crippen LogP contribution in [0.25, 0.3) is 0 Å². The van der Waals surface area contributed by atoms with E-state index in [1.807, 2.05) is 6.92 Å². The van der Waals surface area contributed by atoms with Crippen LogP contribution in [0.1, 0.15) is 59.8 Å². The minimum atomic E-state index is -0.364. The van der Waals surface area contributed by atoms with Crippen molar-refractivity contribution in [2.24, 2.45) is 10.9 Å². The van der Waals surface area contributed by atoms with Crippen molar-refractivity contribution in [1.82, 2.24) is 4.90 Å². The molecule has 0 aromatic heterocycles. The minimum Gasteiger partial charge on any atom is -0.348 e. The number of carbonyl (C=O) groups is 1. The van der Waals surface area contributed by atoms with Crippen LogP contribution in [0.3, 0.4) is 0 Å². The van der Waals surface area contributed by atoms with Gasteiger partial charge in [0.05, 0.1) is 0 Å². The van der Waals surface area contributed by atoms with Crippen molar-refractivity contribution < 1.29 is 4.79 Å². The van der Waals surface area contributed by atoms with Gasteiger partial charge in [-0.2, -0.15) is 4.99 Å². The van der Waals surface area contributed by atoms with Gasteiger partial charge in [-0.3, -0.25) is 4.79 Å². The zero-order valence-electron chi connectivity index (χ0n) is 12.6. The Bertz CT molecular complexity index is 374. The first kappa shape index (κ1) is 14.9. The highest BCUT2D eigenvalue weighted by molar-refractivity contribution is 8.16. The Morgan fingerprint density at radius 2 is 2.00 bits per heavy atom. The topological polar surface area (TPSA) is 32.7 Å². The molecular formula is C15H26N2OS. The lowest BCUT2D eigenvalue weighted by molar-refractivity contribution is -0.120. The third kappa shape index (κ3) is 2.83. The molecule has 19 heavy (non-hydrogen) atoms. The SMILES string of the molecule is CCN(C1=NC(=O)C(C)(C(C)C)S1)C1CCCCC1. The van der Waals surface area contributed by atoms with E-state index in [9.17, 15) is 4.79 Å². The van der Waals surface area contributed by atoms with Crippen molar-refractivity contribution in [2.45, 2.75) is 70.6 Å². The maximum atomic E-state index is 12.2. The molecule has 0 aromatic rings. The summed E-state index contributed by atoms with van der Waals surface area (Å²) >= 11 is 1.68. The fourth-order valence-corrected chi connectivity index (χ4v) is 4.16. The number of amidine groups is 1. The second-order valence-corrected chi connectivity index (χ2v) is 7.56. The average molecular weight is 282 g/mol. The van der Waals surface area contributed by atoms with Gasteiger partial charge < -0.3 is 4.90 Å². The smallest absolute Gasteiger partial charge is 0.264 e. The van der Waals surface area contributed by atoms with Crippen LogP contribution in [0.5, 0.6) is 0 Å². The normalized spacial score (nSPS) is 28.9. The Hall–Kier alpha value is -0.510. The number of hydrogen-bond donors (Lipinski definition) is 0. The van der Waals surface area contributed by atoms with Crippen LogP contribution in [-0.2, 0) is 4.79 Å². The molecule has 1 aliphatic carbocycles. The van der Waals surface area contributed by atoms with Gasteiger partial charge in [0.2, 0.25) is 0 Å². The average Bonchev–Trinajstić information content (AvgIpc) is 2.69. The molecule has 1 heterocycles. The number of hydrogen-bond acceptors (Lipinski definition) is 3. The Kier molecular flexibility index (Phi) is 4.59. The number of amides is 1. The third-order valence-electron chi connectivity index (χ3n) is 4.63. The van der Waals surface area contributed by atoms with Crippen molar-refractivity contribution in [3.8, 4) is 0 Å². The van der Waals surface area contributed by atoms with Crippen molar-refractivity contribution >= 4 is 22.8 Å². The van der Waals surface area contributed by atoms with Gasteiger partial charge in [-0.05, 0) is 32.6 Å². The predicted molar refractivity (Wildman–Crippen MR) is 82.5 cm³/mol. The van der Waals surface area contributed by atoms with E-state index in [2.05, 4.69) is 30.7 Å². The summed E-state index contributed by atoms with van der Waals surface area (Å²) in [6, 6.07) is 0.590. The van der Waals surface area contributed by atoms with Crippen molar-refractivity contribution in [2.75, 3.05) is 6.54 Å². The van der Waals surface area contributed by atoms with Gasteiger partial charge in [-0.15, -0.1) is 0 Å². The molecule has 2 rings (SSSR count). The molecule has 1 aliphatic heterocycles. The Labute approximate surface area is 121 Å². The van der Waals surface area contributed by atoms with Crippen molar-refractivity contribution in [3.05, 3.63) is 0 Å². The van der Waals surface area contributed by atoms with Gasteiger partial charge >= 0.3 is 0 Å². The number of aliphatic imine (C=N–C) groups is 1. The first-order chi connectivity index (χ1) is 8.99. The van der Waals surface area contributed by atoms with E-state index in [1.54, 1.807) is 11.8 Å². The zero-order valence-corrected chi connectivity index (χ0v) is 13.4. The van der Waals surface area contributed by atoms with E-state index in [0.717, 1.165) is 11.7 Å². The van der Waals surface area contributed by atoms with E-state index in [4.69, 9.17) is 0 Å². The van der Waals surface area contributed by atoms with Crippen molar-refractivity contribution in [3.63, 3.8) is 0 Å². The van der Waals surface area contributed by atoms with Gasteiger partial charge in [0, 0.05) is 12.6 Å². The van der Waals surface area contributed by atoms with Gasteiger partial charge in [0.1, 0.15) is 4.75 Å². The van der Waals surface area contributed by atoms with Crippen molar-refractivity contribution in [1.29, 1.82) is 0 Å². The molecule has 1 fully saturated rings. The molecule has 2 aliphatic rings. The molecule has 1 saturated carbocycles. The maximum absolute atomic E-state index is 12.2. The maximum Gasteiger partial charge on any atom is 0.264 e. The van der Waals surface area contributed by atoms with E-state index in [1.165, 1.54) is 32.1 Å². The number of rotatable bonds is 3. The van der Waals surface area contributed by atoms with Crippen LogP contribution in [0.4, 0.5) is 0 Å². The second kappa shape index (κ2) is 5.86. The van der Waals surface area contributed by atoms with Crippen LogP contribution < -0.4 is 0 Å². The number of thioether (sulfide) groups is 1. The van der Waals surface area contributed by atoms with Gasteiger partial charge in [-0.25, -0.2) is 0 Å². The molecule has 0 spiro atoms. The lowest BCUT2D eigenvalue weighted by Gasteiger charge is -2.35. The van der Waals surface area contributed by atoms with Gasteiger partial charge in [-0.1, -0.05) is 44.9 Å². The largest absolute Gasteiger partial charge is 0.348 e. The number of nitrogens with zero attached hydrogens (tertiary/aromatic N) is 2. The van der Waals surface area contributed by atoms with Crippen LogP contribution in [0.15, 0.2) is 4.99 Å². The number of carbonyl (C=O) groups excluding carboxylic acids is 1. The minimum absolute atomic E-state index is 0.0526. The Morgan fingerprint density at radius 3 is 2.47 bits per heavy atom. The third-order valence-corrected chi connectivity index (χ3v) is 6.21. The van der Waals surface area contributed by atoms with Gasteiger partial charge in [0.15, 0.2) is 5.17 Å². The molecular weight excluding hydrogens is 256 g/mol. The quantitative estimate of drug-likeness (QED) is 0.791. The van der Waals surface area contributed by atoms with Gasteiger partial charge in [0.25, 0.3) is 5.91 Å². The molecule has 1 atom stereocenters. The molecule has 0 saturated heterocycles. The molecule has 0 bridgehead atoms. The fraction of sp³-hybridized carbons (Fsp3) is 0.867. The summed E-state index contributed by atoms with van der Waals surface area (Å²) in [6.45, 7) is 9.39. The molecule has 0 N–H and O–H groups in total. The van der Waals surface area contributed by atoms with E-state index < -0.39 is 0 Å². The van der Waals surface area contributed by atoms with Crippen LogP contribution >= 0.6 is 11.8 Å².